The van der Waals surface area contributed by atoms with Crippen LogP contribution in [0.5, 0.6) is 0 Å². The Hall–Kier alpha value is -2.09. The van der Waals surface area contributed by atoms with Gasteiger partial charge >= 0.3 is 0 Å². The summed E-state index contributed by atoms with van der Waals surface area (Å²) in [7, 11) is 1.63. The van der Waals surface area contributed by atoms with Gasteiger partial charge in [-0.1, -0.05) is 6.92 Å². The summed E-state index contributed by atoms with van der Waals surface area (Å²) < 4.78 is 1.44. The second-order valence-corrected chi connectivity index (χ2v) is 5.50. The Bertz CT molecular complexity index is 632. The molecule has 1 aliphatic rings. The van der Waals surface area contributed by atoms with Crippen LogP contribution < -0.4 is 10.5 Å². The van der Waals surface area contributed by atoms with Gasteiger partial charge in [0.2, 0.25) is 0 Å². The molecule has 0 amide bonds. The van der Waals surface area contributed by atoms with Crippen LogP contribution in [-0.4, -0.2) is 23.9 Å². The van der Waals surface area contributed by atoms with Crippen LogP contribution in [0.1, 0.15) is 41.3 Å². The van der Waals surface area contributed by atoms with Crippen LogP contribution in [0.15, 0.2) is 4.79 Å². The number of hydrogen-bond acceptors (Lipinski definition) is 4. The van der Waals surface area contributed by atoms with Crippen LogP contribution in [0.2, 0.25) is 0 Å². The summed E-state index contributed by atoms with van der Waals surface area (Å²) in [6.45, 7) is 5.54. The number of aldehydes is 1. The Balaban J connectivity index is 2.61. The van der Waals surface area contributed by atoms with Gasteiger partial charge in [0, 0.05) is 20.1 Å². The minimum atomic E-state index is -0.329. The molecule has 0 aliphatic carbocycles. The summed E-state index contributed by atoms with van der Waals surface area (Å²) in [6.07, 6.45) is 2.85. The van der Waals surface area contributed by atoms with E-state index >= 15 is 0 Å². The van der Waals surface area contributed by atoms with Crippen molar-refractivity contribution in [1.82, 2.24) is 4.57 Å². The summed E-state index contributed by atoms with van der Waals surface area (Å²) in [5, 5.41) is 9.09. The molecule has 2 heterocycles. The summed E-state index contributed by atoms with van der Waals surface area (Å²) in [5.74, 6) is 1.32. The zero-order chi connectivity index (χ0) is 14.9. The Morgan fingerprint density at radius 1 is 1.35 bits per heavy atom. The molecule has 5 heteroatoms. The van der Waals surface area contributed by atoms with Gasteiger partial charge in [0.1, 0.15) is 17.5 Å². The fraction of sp³-hybridized carbons (Fsp3) is 0.533. The summed E-state index contributed by atoms with van der Waals surface area (Å²) in [6, 6.07) is 1.91. The first-order valence-electron chi connectivity index (χ1n) is 6.85. The van der Waals surface area contributed by atoms with Gasteiger partial charge in [-0.15, -0.1) is 0 Å². The minimum absolute atomic E-state index is 0.0590. The smallest absolute Gasteiger partial charge is 0.270 e. The van der Waals surface area contributed by atoms with Crippen LogP contribution in [-0.2, 0) is 7.05 Å². The zero-order valence-corrected chi connectivity index (χ0v) is 12.1. The fourth-order valence-corrected chi connectivity index (χ4v) is 2.78. The van der Waals surface area contributed by atoms with E-state index in [1.807, 2.05) is 6.07 Å². The molecule has 0 saturated carbocycles. The molecule has 2 rings (SSSR count). The molecule has 1 saturated heterocycles. The molecule has 1 aliphatic heterocycles. The lowest BCUT2D eigenvalue weighted by atomic mass is 9.98. The largest absolute Gasteiger partial charge is 0.357 e. The van der Waals surface area contributed by atoms with Gasteiger partial charge in [-0.25, -0.2) is 0 Å². The highest BCUT2D eigenvalue weighted by molar-refractivity contribution is 5.86. The molecule has 0 bridgehead atoms. The van der Waals surface area contributed by atoms with Crippen molar-refractivity contribution in [3.05, 3.63) is 27.0 Å². The zero-order valence-electron chi connectivity index (χ0n) is 12.1. The lowest BCUT2D eigenvalue weighted by molar-refractivity contribution is 0.112. The Morgan fingerprint density at radius 2 is 1.95 bits per heavy atom. The topological polar surface area (TPSA) is 66.1 Å². The number of nitriles is 1. The van der Waals surface area contributed by atoms with Gasteiger partial charge in [0.05, 0.1) is 5.56 Å². The van der Waals surface area contributed by atoms with E-state index in [-0.39, 0.29) is 11.1 Å². The fourth-order valence-electron chi connectivity index (χ4n) is 2.78. The lowest BCUT2D eigenvalue weighted by Crippen LogP contribution is -2.38. The van der Waals surface area contributed by atoms with E-state index in [4.69, 9.17) is 5.26 Å². The number of anilines is 1. The van der Waals surface area contributed by atoms with Crippen molar-refractivity contribution in [1.29, 1.82) is 5.26 Å². The molecule has 1 fully saturated rings. The molecule has 0 aromatic carbocycles. The molecule has 0 radical (unpaired) electrons. The van der Waals surface area contributed by atoms with Crippen molar-refractivity contribution in [2.75, 3.05) is 18.0 Å². The maximum Gasteiger partial charge on any atom is 0.270 e. The summed E-state index contributed by atoms with van der Waals surface area (Å²) >= 11 is 0. The molecular weight excluding hydrogens is 254 g/mol. The second-order valence-electron chi connectivity index (χ2n) is 5.50. The first-order chi connectivity index (χ1) is 9.51. The number of pyridine rings is 1. The number of piperidine rings is 1. The number of nitrogens with zero attached hydrogens (tertiary/aromatic N) is 3. The standard InChI is InChI=1S/C15H19N3O2/c1-10-4-6-18(7-5-10)14-13(9-19)11(2)12(8-16)15(20)17(14)3/h9-10H,4-7H2,1-3H3. The highest BCUT2D eigenvalue weighted by Crippen LogP contribution is 2.26. The summed E-state index contributed by atoms with van der Waals surface area (Å²) in [4.78, 5) is 25.7. The van der Waals surface area contributed by atoms with Gasteiger partial charge in [-0.2, -0.15) is 5.26 Å². The molecule has 1 aromatic heterocycles. The molecule has 20 heavy (non-hydrogen) atoms. The van der Waals surface area contributed by atoms with Gasteiger partial charge in [-0.05, 0) is 31.2 Å². The van der Waals surface area contributed by atoms with E-state index in [2.05, 4.69) is 11.8 Å². The SMILES string of the molecule is Cc1c(C=O)c(N2CCC(C)CC2)n(C)c(=O)c1C#N. The third-order valence-electron chi connectivity index (χ3n) is 4.17. The van der Waals surface area contributed by atoms with E-state index in [1.54, 1.807) is 14.0 Å². The van der Waals surface area contributed by atoms with Crippen LogP contribution in [0.25, 0.3) is 0 Å². The van der Waals surface area contributed by atoms with Gasteiger partial charge in [0.25, 0.3) is 5.56 Å². The van der Waals surface area contributed by atoms with E-state index in [1.165, 1.54) is 4.57 Å². The molecular formula is C15H19N3O2. The Kier molecular flexibility index (Phi) is 3.93. The lowest BCUT2D eigenvalue weighted by Gasteiger charge is -2.34. The van der Waals surface area contributed by atoms with Crippen molar-refractivity contribution in [2.45, 2.75) is 26.7 Å². The highest BCUT2D eigenvalue weighted by atomic mass is 16.1. The first kappa shape index (κ1) is 14.3. The number of aromatic nitrogens is 1. The van der Waals surface area contributed by atoms with E-state index in [0.29, 0.717) is 22.9 Å². The number of carbonyl (C=O) groups is 1. The molecule has 5 nitrogen and oxygen atoms in total. The van der Waals surface area contributed by atoms with Crippen molar-refractivity contribution < 1.29 is 4.79 Å². The average Bonchev–Trinajstić information content (AvgIpc) is 2.44. The van der Waals surface area contributed by atoms with Crippen LogP contribution >= 0.6 is 0 Å². The van der Waals surface area contributed by atoms with E-state index < -0.39 is 0 Å². The normalized spacial score (nSPS) is 16.0. The first-order valence-corrected chi connectivity index (χ1v) is 6.85. The predicted molar refractivity (Wildman–Crippen MR) is 77.1 cm³/mol. The van der Waals surface area contributed by atoms with Crippen molar-refractivity contribution in [3.63, 3.8) is 0 Å². The maximum atomic E-state index is 12.2. The third-order valence-corrected chi connectivity index (χ3v) is 4.17. The molecule has 0 unspecified atom stereocenters. The van der Waals surface area contributed by atoms with Crippen LogP contribution in [0, 0.1) is 24.2 Å². The number of hydrogen-bond donors (Lipinski definition) is 0. The van der Waals surface area contributed by atoms with Crippen molar-refractivity contribution >= 4 is 12.1 Å². The van der Waals surface area contributed by atoms with Crippen molar-refractivity contribution in [3.8, 4) is 6.07 Å². The van der Waals surface area contributed by atoms with E-state index in [0.717, 1.165) is 32.2 Å². The molecule has 106 valence electrons. The number of rotatable bonds is 2. The quantitative estimate of drug-likeness (QED) is 0.768. The second kappa shape index (κ2) is 5.49. The van der Waals surface area contributed by atoms with Crippen molar-refractivity contribution in [2.24, 2.45) is 13.0 Å². The predicted octanol–water partition coefficient (Wildman–Crippen LogP) is 1.61. The Morgan fingerprint density at radius 3 is 2.45 bits per heavy atom. The average molecular weight is 273 g/mol. The highest BCUT2D eigenvalue weighted by Gasteiger charge is 2.24. The number of carbonyl (C=O) groups excluding carboxylic acids is 1. The summed E-state index contributed by atoms with van der Waals surface area (Å²) in [5.41, 5.74) is 0.672. The Labute approximate surface area is 118 Å². The molecule has 0 atom stereocenters. The van der Waals surface area contributed by atoms with Gasteiger partial charge in [0.15, 0.2) is 6.29 Å². The van der Waals surface area contributed by atoms with Gasteiger partial charge < -0.3 is 4.90 Å². The van der Waals surface area contributed by atoms with E-state index in [9.17, 15) is 9.59 Å². The van der Waals surface area contributed by atoms with Crippen LogP contribution in [0.3, 0.4) is 0 Å². The van der Waals surface area contributed by atoms with Gasteiger partial charge in [-0.3, -0.25) is 14.2 Å². The maximum absolute atomic E-state index is 12.2. The molecule has 0 spiro atoms. The monoisotopic (exact) mass is 273 g/mol. The third kappa shape index (κ3) is 2.22. The van der Waals surface area contributed by atoms with Crippen LogP contribution in [0.4, 0.5) is 5.82 Å². The minimum Gasteiger partial charge on any atom is -0.357 e. The molecule has 0 N–H and O–H groups in total. The molecule has 1 aromatic rings.